The van der Waals surface area contributed by atoms with E-state index in [1.165, 1.54) is 11.0 Å². The zero-order valence-corrected chi connectivity index (χ0v) is 13.2. The van der Waals surface area contributed by atoms with Gasteiger partial charge in [0.25, 0.3) is 15.0 Å². The molecule has 0 aromatic heterocycles. The molecule has 106 valence electrons. The van der Waals surface area contributed by atoms with Crippen LogP contribution in [0.2, 0.25) is 5.02 Å². The number of carbonyl (C=O) groups excluding carboxylic acids is 1. The van der Waals surface area contributed by atoms with Crippen LogP contribution in [0.4, 0.5) is 0 Å². The van der Waals surface area contributed by atoms with Gasteiger partial charge in [-0.25, -0.2) is 8.42 Å². The number of benzene rings is 1. The van der Waals surface area contributed by atoms with Crippen LogP contribution in [0.3, 0.4) is 0 Å². The third-order valence-electron chi connectivity index (χ3n) is 2.64. The number of hydrogen-bond donors (Lipinski definition) is 0. The minimum absolute atomic E-state index is 0.0460. The predicted molar refractivity (Wildman–Crippen MR) is 76.5 cm³/mol. The minimum Gasteiger partial charge on any atom is -0.342 e. The number of amides is 1. The maximum atomic E-state index is 12.1. The van der Waals surface area contributed by atoms with Crippen LogP contribution in [-0.2, 0) is 9.05 Å². The summed E-state index contributed by atoms with van der Waals surface area (Å²) in [4.78, 5) is 13.4. The molecule has 0 heterocycles. The minimum atomic E-state index is -3.98. The lowest BCUT2D eigenvalue weighted by Crippen LogP contribution is -2.27. The fraction of sp³-hybridized carbons (Fsp3) is 0.417. The van der Waals surface area contributed by atoms with Gasteiger partial charge in [0, 0.05) is 29.8 Å². The Bertz CT molecular complexity index is 599. The number of aryl methyl sites for hydroxylation is 1. The molecule has 1 amide bonds. The molecule has 4 nitrogen and oxygen atoms in total. The fourth-order valence-corrected chi connectivity index (χ4v) is 3.24. The Kier molecular flexibility index (Phi) is 5.24. The molecular formula is C12H15Cl2NO3S. The normalized spacial score (nSPS) is 11.4. The smallest absolute Gasteiger partial charge is 0.262 e. The second kappa shape index (κ2) is 6.11. The van der Waals surface area contributed by atoms with Crippen LogP contribution in [-0.4, -0.2) is 32.8 Å². The third kappa shape index (κ3) is 3.84. The van der Waals surface area contributed by atoms with Gasteiger partial charge in [-0.2, -0.15) is 0 Å². The van der Waals surface area contributed by atoms with Gasteiger partial charge in [-0.3, -0.25) is 4.79 Å². The summed E-state index contributed by atoms with van der Waals surface area (Å²) in [7, 11) is 2.99. The largest absolute Gasteiger partial charge is 0.342 e. The molecule has 0 aliphatic carbocycles. The van der Waals surface area contributed by atoms with E-state index in [1.807, 2.05) is 6.92 Å². The van der Waals surface area contributed by atoms with Gasteiger partial charge < -0.3 is 4.90 Å². The van der Waals surface area contributed by atoms with Crippen molar-refractivity contribution in [2.24, 2.45) is 0 Å². The fourth-order valence-electron chi connectivity index (χ4n) is 1.70. The molecule has 0 unspecified atom stereocenters. The summed E-state index contributed by atoms with van der Waals surface area (Å²) in [5, 5.41) is 0.0460. The molecule has 0 N–H and O–H groups in total. The Hall–Kier alpha value is -0.780. The van der Waals surface area contributed by atoms with Crippen molar-refractivity contribution in [2.75, 3.05) is 13.6 Å². The van der Waals surface area contributed by atoms with Crippen molar-refractivity contribution in [3.63, 3.8) is 0 Å². The van der Waals surface area contributed by atoms with Gasteiger partial charge in [-0.1, -0.05) is 18.5 Å². The van der Waals surface area contributed by atoms with E-state index in [9.17, 15) is 13.2 Å². The maximum absolute atomic E-state index is 12.1. The van der Waals surface area contributed by atoms with Crippen LogP contribution in [0.15, 0.2) is 17.0 Å². The molecule has 0 aliphatic rings. The number of nitrogens with zero attached hydrogens (tertiary/aromatic N) is 1. The van der Waals surface area contributed by atoms with Gasteiger partial charge in [-0.15, -0.1) is 0 Å². The van der Waals surface area contributed by atoms with E-state index in [0.717, 1.165) is 6.42 Å². The van der Waals surface area contributed by atoms with Gasteiger partial charge in [0.1, 0.15) is 4.90 Å². The van der Waals surface area contributed by atoms with Gasteiger partial charge in [0.05, 0.1) is 5.02 Å². The van der Waals surface area contributed by atoms with Crippen LogP contribution in [0.25, 0.3) is 0 Å². The van der Waals surface area contributed by atoms with Crippen LogP contribution < -0.4 is 0 Å². The van der Waals surface area contributed by atoms with Crippen molar-refractivity contribution in [1.82, 2.24) is 4.90 Å². The third-order valence-corrected chi connectivity index (χ3v) is 4.60. The van der Waals surface area contributed by atoms with Crippen LogP contribution in [0.5, 0.6) is 0 Å². The summed E-state index contributed by atoms with van der Waals surface area (Å²) in [6.45, 7) is 4.17. The van der Waals surface area contributed by atoms with Gasteiger partial charge in [0.2, 0.25) is 0 Å². The number of hydrogen-bond acceptors (Lipinski definition) is 3. The van der Waals surface area contributed by atoms with Crippen molar-refractivity contribution < 1.29 is 13.2 Å². The summed E-state index contributed by atoms with van der Waals surface area (Å²) in [5.41, 5.74) is 0.758. The number of halogens is 2. The van der Waals surface area contributed by atoms with E-state index in [-0.39, 0.29) is 21.4 Å². The molecule has 0 spiro atoms. The van der Waals surface area contributed by atoms with Crippen LogP contribution >= 0.6 is 22.3 Å². The molecule has 0 bridgehead atoms. The molecule has 1 aromatic rings. The molecular weight excluding hydrogens is 309 g/mol. The standard InChI is InChI=1S/C12H15Cl2NO3S/c1-4-5-15(3)12(16)9-6-8(2)11(13)10(7-9)19(14,17)18/h6-7H,4-5H2,1-3H3. The highest BCUT2D eigenvalue weighted by Gasteiger charge is 2.21. The first-order valence-electron chi connectivity index (χ1n) is 5.68. The lowest BCUT2D eigenvalue weighted by Gasteiger charge is -2.17. The summed E-state index contributed by atoms with van der Waals surface area (Å²) in [6, 6.07) is 2.77. The maximum Gasteiger partial charge on any atom is 0.262 e. The zero-order chi connectivity index (χ0) is 14.8. The first-order valence-corrected chi connectivity index (χ1v) is 8.37. The second-order valence-corrected chi connectivity index (χ2v) is 7.18. The zero-order valence-electron chi connectivity index (χ0n) is 10.9. The van der Waals surface area contributed by atoms with Gasteiger partial charge in [0.15, 0.2) is 0 Å². The predicted octanol–water partition coefficient (Wildman–Crippen LogP) is 3.06. The molecule has 0 radical (unpaired) electrons. The van der Waals surface area contributed by atoms with E-state index < -0.39 is 9.05 Å². The van der Waals surface area contributed by atoms with Crippen molar-refractivity contribution >= 4 is 37.2 Å². The average Bonchev–Trinajstić information content (AvgIpc) is 2.30. The van der Waals surface area contributed by atoms with Crippen molar-refractivity contribution in [3.8, 4) is 0 Å². The first kappa shape index (κ1) is 16.3. The topological polar surface area (TPSA) is 54.5 Å². The SMILES string of the molecule is CCCN(C)C(=O)c1cc(C)c(Cl)c(S(=O)(=O)Cl)c1. The Morgan fingerprint density at radius 3 is 2.42 bits per heavy atom. The van der Waals surface area contributed by atoms with Crippen LogP contribution in [0, 0.1) is 6.92 Å². The van der Waals surface area contributed by atoms with Gasteiger partial charge >= 0.3 is 0 Å². The Morgan fingerprint density at radius 1 is 1.37 bits per heavy atom. The summed E-state index contributed by atoms with van der Waals surface area (Å²) >= 11 is 5.91. The summed E-state index contributed by atoms with van der Waals surface area (Å²) < 4.78 is 22.9. The van der Waals surface area contributed by atoms with E-state index in [2.05, 4.69) is 0 Å². The average molecular weight is 324 g/mol. The molecule has 1 rings (SSSR count). The molecule has 1 aromatic carbocycles. The van der Waals surface area contributed by atoms with E-state index >= 15 is 0 Å². The quantitative estimate of drug-likeness (QED) is 0.800. The Balaban J connectivity index is 3.33. The van der Waals surface area contributed by atoms with E-state index in [1.54, 1.807) is 20.0 Å². The highest BCUT2D eigenvalue weighted by atomic mass is 35.7. The monoisotopic (exact) mass is 323 g/mol. The van der Waals surface area contributed by atoms with Crippen molar-refractivity contribution in [3.05, 3.63) is 28.3 Å². The van der Waals surface area contributed by atoms with Crippen LogP contribution in [0.1, 0.15) is 29.3 Å². The van der Waals surface area contributed by atoms with E-state index in [4.69, 9.17) is 22.3 Å². The molecule has 7 heteroatoms. The lowest BCUT2D eigenvalue weighted by atomic mass is 10.1. The van der Waals surface area contributed by atoms with E-state index in [0.29, 0.717) is 12.1 Å². The highest BCUT2D eigenvalue weighted by Crippen LogP contribution is 2.29. The molecule has 0 saturated carbocycles. The molecule has 0 aliphatic heterocycles. The second-order valence-electron chi connectivity index (χ2n) is 4.27. The molecule has 0 atom stereocenters. The van der Waals surface area contributed by atoms with Crippen molar-refractivity contribution in [1.29, 1.82) is 0 Å². The summed E-state index contributed by atoms with van der Waals surface area (Å²) in [5.74, 6) is -0.261. The Labute approximate surface area is 122 Å². The molecule has 19 heavy (non-hydrogen) atoms. The van der Waals surface area contributed by atoms with Crippen molar-refractivity contribution in [2.45, 2.75) is 25.2 Å². The number of rotatable bonds is 4. The number of carbonyl (C=O) groups is 1. The molecule has 0 fully saturated rings. The lowest BCUT2D eigenvalue weighted by molar-refractivity contribution is 0.0795. The van der Waals surface area contributed by atoms with Gasteiger partial charge in [-0.05, 0) is 31.0 Å². The summed E-state index contributed by atoms with van der Waals surface area (Å²) in [6.07, 6.45) is 0.815. The molecule has 0 saturated heterocycles. The highest BCUT2D eigenvalue weighted by molar-refractivity contribution is 8.13. The Morgan fingerprint density at radius 2 is 1.95 bits per heavy atom. The first-order chi connectivity index (χ1) is 8.68.